The molecule has 1 N–H and O–H groups in total. The van der Waals surface area contributed by atoms with Crippen LogP contribution in [0.25, 0.3) is 0 Å². The van der Waals surface area contributed by atoms with Crippen LogP contribution in [-0.2, 0) is 4.74 Å². The average molecular weight is 263 g/mol. The second-order valence-corrected chi connectivity index (χ2v) is 5.54. The highest BCUT2D eigenvalue weighted by Gasteiger charge is 2.12. The molecule has 19 heavy (non-hydrogen) atoms. The molecular formula is C17H29NO. The van der Waals surface area contributed by atoms with Gasteiger partial charge >= 0.3 is 0 Å². The van der Waals surface area contributed by atoms with Crippen molar-refractivity contribution in [3.63, 3.8) is 0 Å². The van der Waals surface area contributed by atoms with Crippen molar-refractivity contribution in [3.8, 4) is 0 Å². The van der Waals surface area contributed by atoms with Crippen molar-refractivity contribution in [2.45, 2.75) is 59.1 Å². The van der Waals surface area contributed by atoms with Crippen LogP contribution in [0, 0.1) is 6.92 Å². The Balaban J connectivity index is 2.57. The van der Waals surface area contributed by atoms with Crippen molar-refractivity contribution in [2.75, 3.05) is 13.2 Å². The summed E-state index contributed by atoms with van der Waals surface area (Å²) < 4.78 is 6.07. The van der Waals surface area contributed by atoms with Crippen molar-refractivity contribution in [1.82, 2.24) is 5.32 Å². The van der Waals surface area contributed by atoms with Gasteiger partial charge < -0.3 is 10.1 Å². The summed E-state index contributed by atoms with van der Waals surface area (Å²) in [6.07, 6.45) is 3.81. The molecule has 0 heterocycles. The van der Waals surface area contributed by atoms with Crippen molar-refractivity contribution in [2.24, 2.45) is 0 Å². The zero-order valence-electron chi connectivity index (χ0n) is 12.9. The van der Waals surface area contributed by atoms with Gasteiger partial charge in [0.2, 0.25) is 0 Å². The Morgan fingerprint density at radius 1 is 1.21 bits per heavy atom. The van der Waals surface area contributed by atoms with Gasteiger partial charge in [-0.05, 0) is 18.9 Å². The SMILES string of the molecule is CCCCCOC(CNC(C)C)c1cccc(C)c1. The van der Waals surface area contributed by atoms with Crippen LogP contribution in [0.4, 0.5) is 0 Å². The third-order valence-electron chi connectivity index (χ3n) is 3.19. The predicted octanol–water partition coefficient (Wildman–Crippen LogP) is 4.24. The molecular weight excluding hydrogens is 234 g/mol. The average Bonchev–Trinajstić information content (AvgIpc) is 2.37. The fourth-order valence-electron chi connectivity index (χ4n) is 2.06. The van der Waals surface area contributed by atoms with Gasteiger partial charge in [0.05, 0.1) is 6.10 Å². The van der Waals surface area contributed by atoms with Gasteiger partial charge in [0, 0.05) is 19.2 Å². The van der Waals surface area contributed by atoms with E-state index in [4.69, 9.17) is 4.74 Å². The van der Waals surface area contributed by atoms with Crippen molar-refractivity contribution < 1.29 is 4.74 Å². The number of unbranched alkanes of at least 4 members (excludes halogenated alkanes) is 2. The highest BCUT2D eigenvalue weighted by Crippen LogP contribution is 2.18. The lowest BCUT2D eigenvalue weighted by atomic mass is 10.1. The van der Waals surface area contributed by atoms with E-state index in [1.54, 1.807) is 0 Å². The first-order valence-electron chi connectivity index (χ1n) is 7.55. The first kappa shape index (κ1) is 16.2. The van der Waals surface area contributed by atoms with Crippen LogP contribution in [-0.4, -0.2) is 19.2 Å². The van der Waals surface area contributed by atoms with E-state index in [-0.39, 0.29) is 6.10 Å². The number of ether oxygens (including phenoxy) is 1. The quantitative estimate of drug-likeness (QED) is 0.673. The number of benzene rings is 1. The van der Waals surface area contributed by atoms with Crippen LogP contribution in [0.5, 0.6) is 0 Å². The standard InChI is InChI=1S/C17H29NO/c1-5-6-7-11-19-17(13-18-14(2)3)16-10-8-9-15(4)12-16/h8-10,12,14,17-18H,5-7,11,13H2,1-4H3. The van der Waals surface area contributed by atoms with Gasteiger partial charge in [-0.3, -0.25) is 0 Å². The summed E-state index contributed by atoms with van der Waals surface area (Å²) in [6, 6.07) is 9.13. The van der Waals surface area contributed by atoms with Crippen LogP contribution in [0.15, 0.2) is 24.3 Å². The Labute approximate surface area is 118 Å². The minimum Gasteiger partial charge on any atom is -0.372 e. The minimum atomic E-state index is 0.166. The van der Waals surface area contributed by atoms with E-state index in [0.29, 0.717) is 6.04 Å². The molecule has 0 fully saturated rings. The van der Waals surface area contributed by atoms with Crippen LogP contribution >= 0.6 is 0 Å². The summed E-state index contributed by atoms with van der Waals surface area (Å²) in [6.45, 7) is 10.4. The smallest absolute Gasteiger partial charge is 0.0949 e. The van der Waals surface area contributed by atoms with E-state index in [9.17, 15) is 0 Å². The molecule has 1 aromatic carbocycles. The molecule has 0 radical (unpaired) electrons. The molecule has 0 aliphatic carbocycles. The van der Waals surface area contributed by atoms with Gasteiger partial charge in [0.1, 0.15) is 0 Å². The Hall–Kier alpha value is -0.860. The molecule has 1 rings (SSSR count). The zero-order valence-corrected chi connectivity index (χ0v) is 12.9. The first-order chi connectivity index (χ1) is 9.13. The molecule has 2 heteroatoms. The number of nitrogens with one attached hydrogen (secondary N) is 1. The number of hydrogen-bond acceptors (Lipinski definition) is 2. The molecule has 0 spiro atoms. The number of rotatable bonds is 9. The van der Waals surface area contributed by atoms with E-state index < -0.39 is 0 Å². The summed E-state index contributed by atoms with van der Waals surface area (Å²) in [5.41, 5.74) is 2.58. The van der Waals surface area contributed by atoms with E-state index >= 15 is 0 Å². The van der Waals surface area contributed by atoms with Crippen LogP contribution in [0.2, 0.25) is 0 Å². The van der Waals surface area contributed by atoms with E-state index in [2.05, 4.69) is 57.3 Å². The molecule has 1 aromatic rings. The minimum absolute atomic E-state index is 0.166. The summed E-state index contributed by atoms with van der Waals surface area (Å²) >= 11 is 0. The molecule has 0 aromatic heterocycles. The van der Waals surface area contributed by atoms with Gasteiger partial charge in [0.25, 0.3) is 0 Å². The van der Waals surface area contributed by atoms with Crippen LogP contribution in [0.3, 0.4) is 0 Å². The maximum atomic E-state index is 6.07. The van der Waals surface area contributed by atoms with E-state index in [1.807, 2.05) is 0 Å². The lowest BCUT2D eigenvalue weighted by Crippen LogP contribution is -2.29. The highest BCUT2D eigenvalue weighted by molar-refractivity contribution is 5.24. The second-order valence-electron chi connectivity index (χ2n) is 5.54. The molecule has 1 atom stereocenters. The molecule has 0 aliphatic heterocycles. The lowest BCUT2D eigenvalue weighted by molar-refractivity contribution is 0.0487. The predicted molar refractivity (Wildman–Crippen MR) is 82.5 cm³/mol. The summed E-state index contributed by atoms with van der Waals surface area (Å²) in [4.78, 5) is 0. The van der Waals surface area contributed by atoms with Gasteiger partial charge in [0.15, 0.2) is 0 Å². The maximum absolute atomic E-state index is 6.07. The van der Waals surface area contributed by atoms with Gasteiger partial charge in [-0.1, -0.05) is 63.4 Å². The molecule has 1 unspecified atom stereocenters. The Morgan fingerprint density at radius 3 is 2.63 bits per heavy atom. The van der Waals surface area contributed by atoms with Crippen LogP contribution < -0.4 is 5.32 Å². The molecule has 108 valence electrons. The van der Waals surface area contributed by atoms with Crippen molar-refractivity contribution in [3.05, 3.63) is 35.4 Å². The molecule has 0 saturated heterocycles. The van der Waals surface area contributed by atoms with E-state index in [0.717, 1.165) is 19.6 Å². The van der Waals surface area contributed by atoms with Gasteiger partial charge in [-0.2, -0.15) is 0 Å². The summed E-state index contributed by atoms with van der Waals surface area (Å²) in [5, 5.41) is 3.48. The fraction of sp³-hybridized carbons (Fsp3) is 0.647. The highest BCUT2D eigenvalue weighted by atomic mass is 16.5. The first-order valence-corrected chi connectivity index (χ1v) is 7.55. The largest absolute Gasteiger partial charge is 0.372 e. The van der Waals surface area contributed by atoms with Crippen molar-refractivity contribution >= 4 is 0 Å². The summed E-state index contributed by atoms with van der Waals surface area (Å²) in [5.74, 6) is 0. The topological polar surface area (TPSA) is 21.3 Å². The Kier molecular flexibility index (Phi) is 7.76. The second kappa shape index (κ2) is 9.11. The molecule has 0 saturated carbocycles. The number of aryl methyl sites for hydroxylation is 1. The lowest BCUT2D eigenvalue weighted by Gasteiger charge is -2.21. The Bertz CT molecular complexity index is 349. The normalized spacial score (nSPS) is 12.9. The molecule has 2 nitrogen and oxygen atoms in total. The third kappa shape index (κ3) is 6.74. The van der Waals surface area contributed by atoms with Gasteiger partial charge in [-0.15, -0.1) is 0 Å². The molecule has 0 amide bonds. The van der Waals surface area contributed by atoms with Gasteiger partial charge in [-0.25, -0.2) is 0 Å². The fourth-order valence-corrected chi connectivity index (χ4v) is 2.06. The molecule has 0 bridgehead atoms. The maximum Gasteiger partial charge on any atom is 0.0949 e. The number of hydrogen-bond donors (Lipinski definition) is 1. The van der Waals surface area contributed by atoms with Crippen LogP contribution in [0.1, 0.15) is 57.3 Å². The molecule has 0 aliphatic rings. The Morgan fingerprint density at radius 2 is 2.00 bits per heavy atom. The zero-order chi connectivity index (χ0) is 14.1. The monoisotopic (exact) mass is 263 g/mol. The third-order valence-corrected chi connectivity index (χ3v) is 3.19. The van der Waals surface area contributed by atoms with Crippen molar-refractivity contribution in [1.29, 1.82) is 0 Å². The van der Waals surface area contributed by atoms with E-state index in [1.165, 1.54) is 24.0 Å². The summed E-state index contributed by atoms with van der Waals surface area (Å²) in [7, 11) is 0.